The largest absolute Gasteiger partial charge is 0.481 e. The van der Waals surface area contributed by atoms with Gasteiger partial charge in [-0.3, -0.25) is 9.59 Å². The lowest BCUT2D eigenvalue weighted by atomic mass is 10.0. The van der Waals surface area contributed by atoms with Gasteiger partial charge in [0.15, 0.2) is 0 Å². The number of hydrogen-bond donors (Lipinski definition) is 2. The minimum Gasteiger partial charge on any atom is -0.481 e. The fourth-order valence-electron chi connectivity index (χ4n) is 2.80. The van der Waals surface area contributed by atoms with Crippen LogP contribution in [0.2, 0.25) is 0 Å². The van der Waals surface area contributed by atoms with E-state index in [0.29, 0.717) is 31.0 Å². The molecule has 0 aliphatic rings. The number of carboxylic acid groups (broad SMARTS) is 1. The third-order valence-electron chi connectivity index (χ3n) is 4.20. The Balaban J connectivity index is 1.53. The maximum atomic E-state index is 12.4. The van der Waals surface area contributed by atoms with E-state index in [0.717, 1.165) is 11.1 Å². The van der Waals surface area contributed by atoms with Crippen molar-refractivity contribution in [2.24, 2.45) is 0 Å². The quantitative estimate of drug-likeness (QED) is 0.542. The predicted octanol–water partition coefficient (Wildman–Crippen LogP) is 3.32. The number of carbonyl (C=O) groups excluding carboxylic acids is 1. The molecule has 0 radical (unpaired) electrons. The molecular formula is C20H21N3O4S. The van der Waals surface area contributed by atoms with Crippen LogP contribution in [0.1, 0.15) is 30.7 Å². The molecule has 8 heteroatoms. The van der Waals surface area contributed by atoms with Crippen LogP contribution in [-0.2, 0) is 22.4 Å². The van der Waals surface area contributed by atoms with E-state index in [9.17, 15) is 9.59 Å². The number of rotatable bonds is 10. The summed E-state index contributed by atoms with van der Waals surface area (Å²) in [5.41, 5.74) is 1.92. The van der Waals surface area contributed by atoms with Crippen molar-refractivity contribution in [2.45, 2.75) is 38.1 Å². The molecule has 0 saturated heterocycles. The first-order valence-electron chi connectivity index (χ1n) is 9.00. The number of carbonyl (C=O) groups is 2. The third kappa shape index (κ3) is 6.02. The number of benzene rings is 1. The molecule has 2 heterocycles. The second-order valence-electron chi connectivity index (χ2n) is 6.40. The number of amides is 1. The molecule has 2 N–H and O–H groups in total. The molecule has 1 atom stereocenters. The van der Waals surface area contributed by atoms with Crippen molar-refractivity contribution in [2.75, 3.05) is 0 Å². The van der Waals surface area contributed by atoms with Crippen LogP contribution in [0.25, 0.3) is 11.5 Å². The van der Waals surface area contributed by atoms with E-state index < -0.39 is 5.97 Å². The summed E-state index contributed by atoms with van der Waals surface area (Å²) in [6.45, 7) is 0. The highest BCUT2D eigenvalue weighted by atomic mass is 32.1. The van der Waals surface area contributed by atoms with Crippen molar-refractivity contribution < 1.29 is 19.1 Å². The topological polar surface area (TPSA) is 105 Å². The van der Waals surface area contributed by atoms with Gasteiger partial charge in [-0.2, -0.15) is 11.3 Å². The Labute approximate surface area is 166 Å². The van der Waals surface area contributed by atoms with Gasteiger partial charge in [-0.15, -0.1) is 10.2 Å². The Morgan fingerprint density at radius 3 is 2.68 bits per heavy atom. The van der Waals surface area contributed by atoms with E-state index in [2.05, 4.69) is 15.5 Å². The standard InChI is InChI=1S/C20H21N3O4S/c24-17(7-8-18-22-23-20(27-18)15-10-11-28-13-15)21-16(6-9-19(25)26)12-14-4-2-1-3-5-14/h1-5,10-11,13,16H,6-9,12H2,(H,21,24)(H,25,26). The lowest BCUT2D eigenvalue weighted by Crippen LogP contribution is -2.37. The molecule has 3 rings (SSSR count). The summed E-state index contributed by atoms with van der Waals surface area (Å²) in [6, 6.07) is 11.3. The highest BCUT2D eigenvalue weighted by molar-refractivity contribution is 7.08. The normalized spacial score (nSPS) is 11.9. The fourth-order valence-corrected chi connectivity index (χ4v) is 3.43. The van der Waals surface area contributed by atoms with Gasteiger partial charge >= 0.3 is 5.97 Å². The molecule has 0 saturated carbocycles. The third-order valence-corrected chi connectivity index (χ3v) is 4.88. The summed E-state index contributed by atoms with van der Waals surface area (Å²) in [6.07, 6.45) is 1.50. The number of aryl methyl sites for hydroxylation is 1. The average molecular weight is 399 g/mol. The van der Waals surface area contributed by atoms with Crippen LogP contribution in [0.4, 0.5) is 0 Å². The van der Waals surface area contributed by atoms with E-state index in [4.69, 9.17) is 9.52 Å². The summed E-state index contributed by atoms with van der Waals surface area (Å²) in [7, 11) is 0. The Bertz CT molecular complexity index is 893. The molecule has 3 aromatic rings. The van der Waals surface area contributed by atoms with Crippen LogP contribution >= 0.6 is 11.3 Å². The predicted molar refractivity (Wildman–Crippen MR) is 105 cm³/mol. The fraction of sp³-hybridized carbons (Fsp3) is 0.300. The molecule has 1 aromatic carbocycles. The van der Waals surface area contributed by atoms with Gasteiger partial charge in [-0.25, -0.2) is 0 Å². The highest BCUT2D eigenvalue weighted by Crippen LogP contribution is 2.20. The smallest absolute Gasteiger partial charge is 0.303 e. The van der Waals surface area contributed by atoms with Crippen molar-refractivity contribution in [1.82, 2.24) is 15.5 Å². The Hall–Kier alpha value is -3.00. The van der Waals surface area contributed by atoms with E-state index in [1.54, 1.807) is 11.3 Å². The SMILES string of the molecule is O=C(O)CCC(Cc1ccccc1)NC(=O)CCc1nnc(-c2ccsc2)o1. The number of aromatic nitrogens is 2. The maximum Gasteiger partial charge on any atom is 0.303 e. The monoisotopic (exact) mass is 399 g/mol. The van der Waals surface area contributed by atoms with E-state index in [-0.39, 0.29) is 24.8 Å². The van der Waals surface area contributed by atoms with Crippen molar-refractivity contribution in [3.05, 3.63) is 58.6 Å². The molecule has 2 aromatic heterocycles. The van der Waals surface area contributed by atoms with Gasteiger partial charge in [-0.1, -0.05) is 30.3 Å². The number of aliphatic carboxylic acids is 1. The van der Waals surface area contributed by atoms with Crippen LogP contribution in [-0.4, -0.2) is 33.2 Å². The molecular weight excluding hydrogens is 378 g/mol. The maximum absolute atomic E-state index is 12.4. The number of nitrogens with zero attached hydrogens (tertiary/aromatic N) is 2. The zero-order valence-electron chi connectivity index (χ0n) is 15.2. The number of hydrogen-bond acceptors (Lipinski definition) is 6. The van der Waals surface area contributed by atoms with Gasteiger partial charge in [0.1, 0.15) is 0 Å². The van der Waals surface area contributed by atoms with Crippen LogP contribution in [0.3, 0.4) is 0 Å². The molecule has 0 aliphatic heterocycles. The second-order valence-corrected chi connectivity index (χ2v) is 7.18. The van der Waals surface area contributed by atoms with Crippen molar-refractivity contribution in [1.29, 1.82) is 0 Å². The summed E-state index contributed by atoms with van der Waals surface area (Å²) in [4.78, 5) is 23.3. The molecule has 7 nitrogen and oxygen atoms in total. The van der Waals surface area contributed by atoms with Gasteiger partial charge in [0, 0.05) is 36.2 Å². The zero-order chi connectivity index (χ0) is 19.8. The van der Waals surface area contributed by atoms with Crippen LogP contribution in [0.15, 0.2) is 51.6 Å². The van der Waals surface area contributed by atoms with Crippen molar-refractivity contribution in [3.8, 4) is 11.5 Å². The van der Waals surface area contributed by atoms with Gasteiger partial charge in [0.25, 0.3) is 0 Å². The summed E-state index contributed by atoms with van der Waals surface area (Å²) >= 11 is 1.54. The molecule has 28 heavy (non-hydrogen) atoms. The Kier molecular flexibility index (Phi) is 6.91. The van der Waals surface area contributed by atoms with E-state index in [1.165, 1.54) is 0 Å². The van der Waals surface area contributed by atoms with Crippen LogP contribution in [0.5, 0.6) is 0 Å². The zero-order valence-corrected chi connectivity index (χ0v) is 16.0. The molecule has 146 valence electrons. The first kappa shape index (κ1) is 19.8. The number of nitrogens with one attached hydrogen (secondary N) is 1. The Morgan fingerprint density at radius 1 is 1.14 bits per heavy atom. The van der Waals surface area contributed by atoms with Crippen LogP contribution < -0.4 is 5.32 Å². The van der Waals surface area contributed by atoms with Crippen molar-refractivity contribution in [3.63, 3.8) is 0 Å². The lowest BCUT2D eigenvalue weighted by Gasteiger charge is -2.18. The molecule has 0 spiro atoms. The van der Waals surface area contributed by atoms with Gasteiger partial charge in [-0.05, 0) is 29.9 Å². The summed E-state index contributed by atoms with van der Waals surface area (Å²) < 4.78 is 5.58. The minimum absolute atomic E-state index is 0.00540. The molecule has 0 aliphatic carbocycles. The average Bonchev–Trinajstić information content (AvgIpc) is 3.37. The summed E-state index contributed by atoms with van der Waals surface area (Å²) in [5.74, 6) is -0.192. The number of thiophene rings is 1. The first-order valence-corrected chi connectivity index (χ1v) is 9.94. The van der Waals surface area contributed by atoms with Gasteiger partial charge < -0.3 is 14.8 Å². The first-order chi connectivity index (χ1) is 13.6. The second kappa shape index (κ2) is 9.80. The lowest BCUT2D eigenvalue weighted by molar-refractivity contribution is -0.137. The molecule has 0 fully saturated rings. The van der Waals surface area contributed by atoms with Crippen LogP contribution in [0, 0.1) is 0 Å². The minimum atomic E-state index is -0.876. The number of carboxylic acids is 1. The molecule has 0 bridgehead atoms. The van der Waals surface area contributed by atoms with Crippen molar-refractivity contribution >= 4 is 23.2 Å². The van der Waals surface area contributed by atoms with E-state index >= 15 is 0 Å². The van der Waals surface area contributed by atoms with Gasteiger partial charge in [0.2, 0.25) is 17.7 Å². The molecule has 1 amide bonds. The Morgan fingerprint density at radius 2 is 1.96 bits per heavy atom. The van der Waals surface area contributed by atoms with E-state index in [1.807, 2.05) is 47.2 Å². The molecule has 1 unspecified atom stereocenters. The highest BCUT2D eigenvalue weighted by Gasteiger charge is 2.16. The van der Waals surface area contributed by atoms with Gasteiger partial charge in [0.05, 0.1) is 0 Å². The summed E-state index contributed by atoms with van der Waals surface area (Å²) in [5, 5.41) is 23.7.